The summed E-state index contributed by atoms with van der Waals surface area (Å²) in [5, 5.41) is 7.21. The molecule has 0 unspecified atom stereocenters. The van der Waals surface area contributed by atoms with Crippen LogP contribution in [-0.4, -0.2) is 42.4 Å². The first kappa shape index (κ1) is 22.9. The maximum atomic E-state index is 13.1. The van der Waals surface area contributed by atoms with E-state index in [4.69, 9.17) is 4.42 Å². The molecule has 6 nitrogen and oxygen atoms in total. The number of nitrogens with zero attached hydrogens (tertiary/aromatic N) is 1. The minimum atomic E-state index is -0.150. The lowest BCUT2D eigenvalue weighted by molar-refractivity contribution is -0.122. The minimum absolute atomic E-state index is 0. The van der Waals surface area contributed by atoms with Crippen molar-refractivity contribution in [1.29, 1.82) is 0 Å². The molecule has 1 atom stereocenters. The van der Waals surface area contributed by atoms with Crippen molar-refractivity contribution < 1.29 is 14.0 Å². The van der Waals surface area contributed by atoms with Gasteiger partial charge < -0.3 is 20.0 Å². The van der Waals surface area contributed by atoms with Gasteiger partial charge in [-0.3, -0.25) is 9.59 Å². The third-order valence-corrected chi connectivity index (χ3v) is 7.69. The van der Waals surface area contributed by atoms with Gasteiger partial charge >= 0.3 is 0 Å². The van der Waals surface area contributed by atoms with Crippen molar-refractivity contribution in [2.45, 2.75) is 38.1 Å². The Labute approximate surface area is 205 Å². The second kappa shape index (κ2) is 9.43. The van der Waals surface area contributed by atoms with E-state index < -0.39 is 0 Å². The number of piperidine rings is 3. The highest BCUT2D eigenvalue weighted by Crippen LogP contribution is 2.36. The third-order valence-electron chi connectivity index (χ3n) is 7.69. The molecule has 2 bridgehead atoms. The average Bonchev–Trinajstić information content (AvgIpc) is 3.24. The van der Waals surface area contributed by atoms with E-state index in [1.54, 1.807) is 0 Å². The highest BCUT2D eigenvalue weighted by molar-refractivity contribution is 6.04. The van der Waals surface area contributed by atoms with Crippen LogP contribution in [0, 0.1) is 11.8 Å². The van der Waals surface area contributed by atoms with Crippen LogP contribution in [0.1, 0.15) is 42.7 Å². The highest BCUT2D eigenvalue weighted by Gasteiger charge is 2.35. The third kappa shape index (κ3) is 4.21. The summed E-state index contributed by atoms with van der Waals surface area (Å²) in [7, 11) is 0. The number of carbonyl (C=O) groups excluding carboxylic acids is 2. The van der Waals surface area contributed by atoms with Crippen molar-refractivity contribution in [3.8, 4) is 11.1 Å². The number of anilines is 1. The number of amides is 2. The van der Waals surface area contributed by atoms with E-state index in [1.807, 2.05) is 48.5 Å². The molecule has 2 N–H and O–H groups in total. The SMILES string of the molecule is Cl.O=C(N[C@H]1CN2CCC1CC2)c1cc2cccc(-c3ccccc3NC(=O)C3CCC3)c2o1. The molecular formula is C27H30ClN3O3. The van der Waals surface area contributed by atoms with Crippen LogP contribution in [0.3, 0.4) is 0 Å². The predicted octanol–water partition coefficient (Wildman–Crippen LogP) is 5.08. The first-order valence-corrected chi connectivity index (χ1v) is 12.1. The fraction of sp³-hybridized carbons (Fsp3) is 0.407. The van der Waals surface area contributed by atoms with Crippen molar-refractivity contribution in [3.05, 3.63) is 54.3 Å². The zero-order valence-electron chi connectivity index (χ0n) is 19.1. The summed E-state index contributed by atoms with van der Waals surface area (Å²) in [5.41, 5.74) is 3.21. The van der Waals surface area contributed by atoms with Gasteiger partial charge in [0.1, 0.15) is 5.58 Å². The molecular weight excluding hydrogens is 450 g/mol. The Kier molecular flexibility index (Phi) is 6.36. The molecule has 34 heavy (non-hydrogen) atoms. The molecule has 2 amide bonds. The Balaban J connectivity index is 0.00000241. The van der Waals surface area contributed by atoms with Crippen molar-refractivity contribution in [3.63, 3.8) is 0 Å². The Morgan fingerprint density at radius 2 is 1.71 bits per heavy atom. The van der Waals surface area contributed by atoms with Gasteiger partial charge in [-0.05, 0) is 56.8 Å². The van der Waals surface area contributed by atoms with Gasteiger partial charge in [0, 0.05) is 40.7 Å². The molecule has 0 radical (unpaired) electrons. The standard InChI is InChI=1S/C27H29N3O3.ClH/c31-26(18-5-3-6-18)28-22-10-2-1-8-20(22)21-9-4-7-19-15-24(33-25(19)21)27(32)29-23-16-30-13-11-17(23)12-14-30;/h1-2,4,7-10,15,17-18,23H,3,5-6,11-14,16H2,(H,28,31)(H,29,32);1H/t23-;/m0./s1. The quantitative estimate of drug-likeness (QED) is 0.535. The number of benzene rings is 2. The normalized spacial score (nSPS) is 23.7. The van der Waals surface area contributed by atoms with Gasteiger partial charge in [0.05, 0.1) is 0 Å². The molecule has 3 aromatic rings. The van der Waals surface area contributed by atoms with Crippen molar-refractivity contribution in [2.75, 3.05) is 25.0 Å². The van der Waals surface area contributed by atoms with Gasteiger partial charge in [-0.1, -0.05) is 42.8 Å². The van der Waals surface area contributed by atoms with Crippen LogP contribution in [0.5, 0.6) is 0 Å². The van der Waals surface area contributed by atoms with Gasteiger partial charge in [0.25, 0.3) is 5.91 Å². The maximum Gasteiger partial charge on any atom is 0.287 e. The summed E-state index contributed by atoms with van der Waals surface area (Å²) < 4.78 is 6.14. The lowest BCUT2D eigenvalue weighted by atomic mass is 9.84. The fourth-order valence-corrected chi connectivity index (χ4v) is 5.49. The summed E-state index contributed by atoms with van der Waals surface area (Å²) in [6.45, 7) is 3.21. The van der Waals surface area contributed by atoms with Crippen LogP contribution in [0.2, 0.25) is 0 Å². The van der Waals surface area contributed by atoms with E-state index in [0.29, 0.717) is 17.3 Å². The summed E-state index contributed by atoms with van der Waals surface area (Å²) in [4.78, 5) is 28.1. The van der Waals surface area contributed by atoms with Crippen LogP contribution in [0.25, 0.3) is 22.1 Å². The first-order valence-electron chi connectivity index (χ1n) is 12.1. The molecule has 0 spiro atoms. The molecule has 4 heterocycles. The van der Waals surface area contributed by atoms with Crippen molar-refractivity contribution >= 4 is 40.9 Å². The molecule has 1 aliphatic carbocycles. The Hall–Kier alpha value is -2.83. The number of fused-ring (bicyclic) bond motifs is 4. The molecule has 3 aliphatic heterocycles. The number of hydrogen-bond acceptors (Lipinski definition) is 4. The molecule has 7 heteroatoms. The molecule has 7 rings (SSSR count). The van der Waals surface area contributed by atoms with Crippen LogP contribution < -0.4 is 10.6 Å². The van der Waals surface area contributed by atoms with Gasteiger partial charge in [-0.15, -0.1) is 12.4 Å². The lowest BCUT2D eigenvalue weighted by Gasteiger charge is -2.44. The predicted molar refractivity (Wildman–Crippen MR) is 135 cm³/mol. The maximum absolute atomic E-state index is 13.1. The Bertz CT molecular complexity index is 1210. The number of carbonyl (C=O) groups is 2. The number of halogens is 1. The van der Waals surface area contributed by atoms with E-state index in [2.05, 4.69) is 15.5 Å². The largest absolute Gasteiger partial charge is 0.450 e. The highest BCUT2D eigenvalue weighted by atomic mass is 35.5. The molecule has 3 saturated heterocycles. The molecule has 1 saturated carbocycles. The second-order valence-corrected chi connectivity index (χ2v) is 9.72. The lowest BCUT2D eigenvalue weighted by Crippen LogP contribution is -2.57. The zero-order valence-corrected chi connectivity index (χ0v) is 19.9. The number of para-hydroxylation sites is 2. The number of furan rings is 1. The van der Waals surface area contributed by atoms with Crippen LogP contribution in [0.4, 0.5) is 5.69 Å². The van der Waals surface area contributed by atoms with Crippen molar-refractivity contribution in [2.24, 2.45) is 11.8 Å². The van der Waals surface area contributed by atoms with Gasteiger partial charge in [-0.2, -0.15) is 0 Å². The van der Waals surface area contributed by atoms with Gasteiger partial charge in [-0.25, -0.2) is 0 Å². The van der Waals surface area contributed by atoms with E-state index in [-0.39, 0.29) is 36.2 Å². The molecule has 1 aromatic heterocycles. The van der Waals surface area contributed by atoms with E-state index in [0.717, 1.165) is 73.9 Å². The van der Waals surface area contributed by atoms with E-state index in [9.17, 15) is 9.59 Å². The summed E-state index contributed by atoms with van der Waals surface area (Å²) in [5.74, 6) is 0.939. The summed E-state index contributed by atoms with van der Waals surface area (Å²) >= 11 is 0. The minimum Gasteiger partial charge on any atom is -0.450 e. The smallest absolute Gasteiger partial charge is 0.287 e. The van der Waals surface area contributed by atoms with Crippen LogP contribution >= 0.6 is 12.4 Å². The number of hydrogen-bond donors (Lipinski definition) is 2. The molecule has 2 aromatic carbocycles. The van der Waals surface area contributed by atoms with Crippen LogP contribution in [-0.2, 0) is 4.79 Å². The summed E-state index contributed by atoms with van der Waals surface area (Å²) in [6, 6.07) is 15.7. The number of nitrogens with one attached hydrogen (secondary N) is 2. The van der Waals surface area contributed by atoms with Crippen molar-refractivity contribution in [1.82, 2.24) is 10.2 Å². The number of rotatable bonds is 5. The zero-order chi connectivity index (χ0) is 22.4. The van der Waals surface area contributed by atoms with Crippen LogP contribution in [0.15, 0.2) is 52.9 Å². The Morgan fingerprint density at radius 1 is 0.941 bits per heavy atom. The second-order valence-electron chi connectivity index (χ2n) is 9.72. The first-order chi connectivity index (χ1) is 16.2. The average molecular weight is 480 g/mol. The molecule has 4 fully saturated rings. The fourth-order valence-electron chi connectivity index (χ4n) is 5.49. The monoisotopic (exact) mass is 479 g/mol. The molecule has 178 valence electrons. The topological polar surface area (TPSA) is 74.6 Å². The molecule has 4 aliphatic rings. The van der Waals surface area contributed by atoms with E-state index >= 15 is 0 Å². The van der Waals surface area contributed by atoms with E-state index in [1.165, 1.54) is 0 Å². The van der Waals surface area contributed by atoms with Gasteiger partial charge in [0.2, 0.25) is 5.91 Å². The summed E-state index contributed by atoms with van der Waals surface area (Å²) in [6.07, 6.45) is 5.34. The van der Waals surface area contributed by atoms with Gasteiger partial charge in [0.15, 0.2) is 5.76 Å². The Morgan fingerprint density at radius 3 is 2.41 bits per heavy atom.